The molecule has 7 nitrogen and oxygen atoms in total. The zero-order valence-electron chi connectivity index (χ0n) is 13.2. The summed E-state index contributed by atoms with van der Waals surface area (Å²) in [5.41, 5.74) is 3.80. The lowest BCUT2D eigenvalue weighted by Gasteiger charge is -2.09. The van der Waals surface area contributed by atoms with Crippen LogP contribution in [0.5, 0.6) is 5.88 Å². The van der Waals surface area contributed by atoms with E-state index in [1.54, 1.807) is 26.6 Å². The van der Waals surface area contributed by atoms with E-state index in [0.717, 1.165) is 16.8 Å². The standard InChI is InChI=1S/C16H17N5O2/c1-10-12(19-9-20-16(10)23-3)8-21-7-11(15(22)17-2)14-13(21)5-4-6-18-14/h4-7,9H,8H2,1-3H3,(H,17,22). The van der Waals surface area contributed by atoms with Gasteiger partial charge in [-0.1, -0.05) is 0 Å². The molecule has 0 saturated carbocycles. The van der Waals surface area contributed by atoms with Crippen molar-refractivity contribution in [3.63, 3.8) is 0 Å². The summed E-state index contributed by atoms with van der Waals surface area (Å²) in [5.74, 6) is 0.389. The summed E-state index contributed by atoms with van der Waals surface area (Å²) in [6.07, 6.45) is 4.95. The maximum Gasteiger partial charge on any atom is 0.254 e. The number of nitrogens with one attached hydrogen (secondary N) is 1. The van der Waals surface area contributed by atoms with Crippen LogP contribution in [0.1, 0.15) is 21.6 Å². The summed E-state index contributed by atoms with van der Waals surface area (Å²) in [4.78, 5) is 24.8. The van der Waals surface area contributed by atoms with Gasteiger partial charge in [0.15, 0.2) is 0 Å². The summed E-state index contributed by atoms with van der Waals surface area (Å²) in [5, 5.41) is 2.64. The van der Waals surface area contributed by atoms with E-state index in [4.69, 9.17) is 4.74 Å². The summed E-state index contributed by atoms with van der Waals surface area (Å²) in [6, 6.07) is 3.78. The summed E-state index contributed by atoms with van der Waals surface area (Å²) in [7, 11) is 3.19. The number of carbonyl (C=O) groups excluding carboxylic acids is 1. The van der Waals surface area contributed by atoms with E-state index in [9.17, 15) is 4.79 Å². The molecule has 118 valence electrons. The Kier molecular flexibility index (Phi) is 3.92. The first kappa shape index (κ1) is 15.0. The molecular formula is C16H17N5O2. The average molecular weight is 311 g/mol. The fraction of sp³-hybridized carbons (Fsp3) is 0.250. The molecule has 1 amide bonds. The highest BCUT2D eigenvalue weighted by molar-refractivity contribution is 6.05. The molecule has 3 rings (SSSR count). The highest BCUT2D eigenvalue weighted by Crippen LogP contribution is 2.22. The first-order valence-electron chi connectivity index (χ1n) is 7.16. The highest BCUT2D eigenvalue weighted by Gasteiger charge is 2.16. The lowest BCUT2D eigenvalue weighted by atomic mass is 10.2. The Morgan fingerprint density at radius 1 is 1.35 bits per heavy atom. The number of pyridine rings is 1. The Labute approximate surface area is 133 Å². The van der Waals surface area contributed by atoms with Crippen LogP contribution in [-0.4, -0.2) is 39.6 Å². The first-order chi connectivity index (χ1) is 11.2. The molecule has 0 unspecified atom stereocenters. The Morgan fingerprint density at radius 3 is 2.91 bits per heavy atom. The summed E-state index contributed by atoms with van der Waals surface area (Å²) >= 11 is 0. The summed E-state index contributed by atoms with van der Waals surface area (Å²) in [6.45, 7) is 2.42. The molecule has 0 saturated heterocycles. The van der Waals surface area contributed by atoms with Gasteiger partial charge in [-0.05, 0) is 19.1 Å². The molecule has 0 bridgehead atoms. The molecule has 0 aliphatic heterocycles. The topological polar surface area (TPSA) is 81.9 Å². The number of fused-ring (bicyclic) bond motifs is 1. The fourth-order valence-corrected chi connectivity index (χ4v) is 2.55. The van der Waals surface area contributed by atoms with Crippen molar-refractivity contribution in [2.75, 3.05) is 14.2 Å². The van der Waals surface area contributed by atoms with Gasteiger partial charge in [-0.3, -0.25) is 9.78 Å². The Balaban J connectivity index is 2.09. The van der Waals surface area contributed by atoms with Gasteiger partial charge < -0.3 is 14.6 Å². The number of hydrogen-bond donors (Lipinski definition) is 1. The molecule has 0 fully saturated rings. The smallest absolute Gasteiger partial charge is 0.254 e. The van der Waals surface area contributed by atoms with Gasteiger partial charge in [0.25, 0.3) is 5.91 Å². The number of methoxy groups -OCH3 is 1. The van der Waals surface area contributed by atoms with Gasteiger partial charge in [0.05, 0.1) is 30.4 Å². The van der Waals surface area contributed by atoms with E-state index < -0.39 is 0 Å². The minimum Gasteiger partial charge on any atom is -0.481 e. The molecule has 0 radical (unpaired) electrons. The predicted molar refractivity (Wildman–Crippen MR) is 85.5 cm³/mol. The van der Waals surface area contributed by atoms with Crippen molar-refractivity contribution in [1.82, 2.24) is 24.8 Å². The molecular weight excluding hydrogens is 294 g/mol. The van der Waals surface area contributed by atoms with E-state index in [1.165, 1.54) is 6.33 Å². The quantitative estimate of drug-likeness (QED) is 0.790. The number of aromatic nitrogens is 4. The Morgan fingerprint density at radius 2 is 2.17 bits per heavy atom. The molecule has 3 heterocycles. The normalized spacial score (nSPS) is 10.7. The van der Waals surface area contributed by atoms with Crippen molar-refractivity contribution in [1.29, 1.82) is 0 Å². The van der Waals surface area contributed by atoms with Crippen molar-refractivity contribution in [2.45, 2.75) is 13.5 Å². The third kappa shape index (κ3) is 2.61. The maximum absolute atomic E-state index is 12.1. The van der Waals surface area contributed by atoms with Gasteiger partial charge in [0, 0.05) is 25.0 Å². The highest BCUT2D eigenvalue weighted by atomic mass is 16.5. The van der Waals surface area contributed by atoms with E-state index >= 15 is 0 Å². The van der Waals surface area contributed by atoms with Crippen molar-refractivity contribution < 1.29 is 9.53 Å². The number of nitrogens with zero attached hydrogens (tertiary/aromatic N) is 4. The predicted octanol–water partition coefficient (Wildman–Crippen LogP) is 1.55. The van der Waals surface area contributed by atoms with Crippen LogP contribution in [0.2, 0.25) is 0 Å². The van der Waals surface area contributed by atoms with Gasteiger partial charge >= 0.3 is 0 Å². The van der Waals surface area contributed by atoms with Gasteiger partial charge in [-0.2, -0.15) is 0 Å². The van der Waals surface area contributed by atoms with Crippen molar-refractivity contribution >= 4 is 16.9 Å². The number of ether oxygens (including phenoxy) is 1. The largest absolute Gasteiger partial charge is 0.481 e. The van der Waals surface area contributed by atoms with Crippen LogP contribution < -0.4 is 10.1 Å². The van der Waals surface area contributed by atoms with Crippen LogP contribution in [0.25, 0.3) is 11.0 Å². The minimum atomic E-state index is -0.163. The lowest BCUT2D eigenvalue weighted by molar-refractivity contribution is 0.0964. The number of carbonyl (C=O) groups is 1. The van der Waals surface area contributed by atoms with E-state index in [2.05, 4.69) is 20.3 Å². The lowest BCUT2D eigenvalue weighted by Crippen LogP contribution is -2.17. The number of hydrogen-bond acceptors (Lipinski definition) is 5. The van der Waals surface area contributed by atoms with E-state index in [-0.39, 0.29) is 5.91 Å². The second-order valence-electron chi connectivity index (χ2n) is 5.08. The monoisotopic (exact) mass is 311 g/mol. The van der Waals surface area contributed by atoms with Crippen molar-refractivity contribution in [3.05, 3.63) is 47.7 Å². The minimum absolute atomic E-state index is 0.163. The van der Waals surface area contributed by atoms with Crippen LogP contribution in [0, 0.1) is 6.92 Å². The molecule has 23 heavy (non-hydrogen) atoms. The van der Waals surface area contributed by atoms with Gasteiger partial charge in [-0.15, -0.1) is 0 Å². The van der Waals surface area contributed by atoms with Crippen LogP contribution in [0.4, 0.5) is 0 Å². The molecule has 0 spiro atoms. The van der Waals surface area contributed by atoms with Crippen molar-refractivity contribution in [3.8, 4) is 5.88 Å². The fourth-order valence-electron chi connectivity index (χ4n) is 2.55. The number of rotatable bonds is 4. The van der Waals surface area contributed by atoms with Gasteiger partial charge in [-0.25, -0.2) is 9.97 Å². The van der Waals surface area contributed by atoms with Gasteiger partial charge in [0.1, 0.15) is 11.8 Å². The molecule has 0 atom stereocenters. The van der Waals surface area contributed by atoms with Crippen molar-refractivity contribution in [2.24, 2.45) is 0 Å². The molecule has 1 N–H and O–H groups in total. The van der Waals surface area contributed by atoms with Crippen LogP contribution in [-0.2, 0) is 6.54 Å². The maximum atomic E-state index is 12.1. The van der Waals surface area contributed by atoms with Crippen LogP contribution in [0.15, 0.2) is 30.9 Å². The van der Waals surface area contributed by atoms with Gasteiger partial charge in [0.2, 0.25) is 5.88 Å². The molecule has 0 aliphatic rings. The third-order valence-electron chi connectivity index (χ3n) is 3.76. The zero-order chi connectivity index (χ0) is 16.4. The molecule has 7 heteroatoms. The number of amides is 1. The van der Waals surface area contributed by atoms with Crippen LogP contribution >= 0.6 is 0 Å². The second kappa shape index (κ2) is 6.04. The van der Waals surface area contributed by atoms with E-state index in [1.807, 2.05) is 23.6 Å². The third-order valence-corrected chi connectivity index (χ3v) is 3.76. The average Bonchev–Trinajstić information content (AvgIpc) is 2.95. The molecule has 3 aromatic rings. The first-order valence-corrected chi connectivity index (χ1v) is 7.16. The van der Waals surface area contributed by atoms with E-state index in [0.29, 0.717) is 23.5 Å². The molecule has 0 aliphatic carbocycles. The SMILES string of the molecule is CNC(=O)c1cn(Cc2ncnc(OC)c2C)c2cccnc12. The van der Waals surface area contributed by atoms with Crippen LogP contribution in [0.3, 0.4) is 0 Å². The Bertz CT molecular complexity index is 872. The molecule has 3 aromatic heterocycles. The summed E-state index contributed by atoms with van der Waals surface area (Å²) < 4.78 is 7.19. The Hall–Kier alpha value is -2.96. The zero-order valence-corrected chi connectivity index (χ0v) is 13.2. The second-order valence-corrected chi connectivity index (χ2v) is 5.08. The molecule has 0 aromatic carbocycles.